The maximum atomic E-state index is 14.1. The molecule has 0 aliphatic rings. The van der Waals surface area contributed by atoms with Crippen LogP contribution in [-0.4, -0.2) is 0 Å². The standard InChI is InChI=1S/C25H20FPS.BrH/c26-21-16-17-25(28)20(18-21)19-27(22-10-4-1-5-11-22,23-12-6-2-7-13-23)24-14-8-3-9-15-24;/h1-18H,19H2;1H. The molecule has 0 atom stereocenters. The van der Waals surface area contributed by atoms with Gasteiger partial charge in [-0.15, -0.1) is 12.6 Å². The highest BCUT2D eigenvalue weighted by molar-refractivity contribution is 7.95. The highest BCUT2D eigenvalue weighted by Crippen LogP contribution is 2.58. The van der Waals surface area contributed by atoms with Crippen molar-refractivity contribution in [2.24, 2.45) is 0 Å². The molecule has 0 fully saturated rings. The average Bonchev–Trinajstić information content (AvgIpc) is 2.76. The van der Waals surface area contributed by atoms with E-state index in [9.17, 15) is 4.39 Å². The van der Waals surface area contributed by atoms with E-state index in [4.69, 9.17) is 0 Å². The third-order valence-electron chi connectivity index (χ3n) is 5.04. The number of rotatable bonds is 5. The predicted molar refractivity (Wildman–Crippen MR) is 123 cm³/mol. The summed E-state index contributed by atoms with van der Waals surface area (Å²) in [6.45, 7) is 0. The topological polar surface area (TPSA) is 0 Å². The zero-order valence-corrected chi connectivity index (χ0v) is 19.1. The Morgan fingerprint density at radius 3 is 1.45 bits per heavy atom. The molecule has 0 aliphatic heterocycles. The van der Waals surface area contributed by atoms with Crippen LogP contribution in [0.2, 0.25) is 0 Å². The molecule has 0 saturated carbocycles. The summed E-state index contributed by atoms with van der Waals surface area (Å²) in [5.41, 5.74) is 0.938. The second kappa shape index (κ2) is 9.71. The summed E-state index contributed by atoms with van der Waals surface area (Å²) < 4.78 is 14.1. The molecule has 0 amide bonds. The molecule has 0 unspecified atom stereocenters. The van der Waals surface area contributed by atoms with Crippen molar-refractivity contribution >= 4 is 35.8 Å². The molecule has 146 valence electrons. The van der Waals surface area contributed by atoms with Crippen LogP contribution in [0.5, 0.6) is 0 Å². The Kier molecular flexibility index (Phi) is 7.29. The van der Waals surface area contributed by atoms with E-state index < -0.39 is 7.26 Å². The van der Waals surface area contributed by atoms with Gasteiger partial charge in [0.25, 0.3) is 0 Å². The summed E-state index contributed by atoms with van der Waals surface area (Å²) in [6, 6.07) is 36.7. The van der Waals surface area contributed by atoms with Crippen LogP contribution < -0.4 is 32.9 Å². The van der Waals surface area contributed by atoms with Crippen LogP contribution in [-0.2, 0) is 6.16 Å². The van der Waals surface area contributed by atoms with Crippen LogP contribution in [0.1, 0.15) is 5.56 Å². The van der Waals surface area contributed by atoms with Crippen molar-refractivity contribution in [3.8, 4) is 0 Å². The second-order valence-electron chi connectivity index (χ2n) is 6.75. The van der Waals surface area contributed by atoms with Crippen molar-refractivity contribution < 1.29 is 21.4 Å². The van der Waals surface area contributed by atoms with E-state index in [1.807, 2.05) is 18.2 Å². The Labute approximate surface area is 188 Å². The van der Waals surface area contributed by atoms with Gasteiger partial charge in [0.2, 0.25) is 0 Å². The molecule has 0 bridgehead atoms. The molecule has 0 radical (unpaired) electrons. The minimum atomic E-state index is -2.04. The van der Waals surface area contributed by atoms with E-state index in [0.29, 0.717) is 0 Å². The molecule has 4 heteroatoms. The number of hydrogen-bond donors (Lipinski definition) is 1. The lowest BCUT2D eigenvalue weighted by atomic mass is 10.2. The average molecular weight is 483 g/mol. The van der Waals surface area contributed by atoms with E-state index in [2.05, 4.69) is 85.4 Å². The van der Waals surface area contributed by atoms with Crippen LogP contribution in [0, 0.1) is 5.82 Å². The first-order valence-electron chi connectivity index (χ1n) is 9.22. The monoisotopic (exact) mass is 482 g/mol. The molecule has 0 spiro atoms. The highest BCUT2D eigenvalue weighted by atomic mass is 79.9. The van der Waals surface area contributed by atoms with Crippen LogP contribution >= 0.6 is 19.9 Å². The van der Waals surface area contributed by atoms with Gasteiger partial charge in [0, 0.05) is 10.5 Å². The molecule has 0 aliphatic carbocycles. The van der Waals surface area contributed by atoms with Gasteiger partial charge in [-0.3, -0.25) is 0 Å². The van der Waals surface area contributed by atoms with Crippen molar-refractivity contribution in [2.75, 3.05) is 0 Å². The van der Waals surface area contributed by atoms with E-state index in [0.717, 1.165) is 16.6 Å². The van der Waals surface area contributed by atoms with E-state index in [-0.39, 0.29) is 22.8 Å². The fourth-order valence-electron chi connectivity index (χ4n) is 3.70. The molecule has 0 aromatic heterocycles. The lowest BCUT2D eigenvalue weighted by Gasteiger charge is -2.28. The van der Waals surface area contributed by atoms with Gasteiger partial charge in [0.1, 0.15) is 29.0 Å². The zero-order valence-electron chi connectivity index (χ0n) is 15.7. The summed E-state index contributed by atoms with van der Waals surface area (Å²) >= 11 is 4.65. The first kappa shape index (κ1) is 21.8. The molecule has 0 saturated heterocycles. The molecule has 0 N–H and O–H groups in total. The van der Waals surface area contributed by atoms with Crippen molar-refractivity contribution in [3.63, 3.8) is 0 Å². The number of halogens is 2. The summed E-state index contributed by atoms with van der Waals surface area (Å²) in [6.07, 6.45) is 0.724. The summed E-state index contributed by atoms with van der Waals surface area (Å²) in [7, 11) is -2.04. The maximum Gasteiger partial charge on any atom is 0.123 e. The van der Waals surface area contributed by atoms with Gasteiger partial charge in [0.15, 0.2) is 0 Å². The van der Waals surface area contributed by atoms with Crippen molar-refractivity contribution in [1.82, 2.24) is 0 Å². The van der Waals surface area contributed by atoms with E-state index >= 15 is 0 Å². The van der Waals surface area contributed by atoms with Crippen LogP contribution in [0.15, 0.2) is 114 Å². The minimum Gasteiger partial charge on any atom is -1.00 e. The molecular formula is C25H21BrFPS. The first-order valence-corrected chi connectivity index (χ1v) is 11.6. The Morgan fingerprint density at radius 2 is 1.03 bits per heavy atom. The molecular weight excluding hydrogens is 462 g/mol. The van der Waals surface area contributed by atoms with Gasteiger partial charge in [0.05, 0.1) is 6.16 Å². The zero-order chi connectivity index (χ0) is 19.4. The minimum absolute atomic E-state index is 0. The van der Waals surface area contributed by atoms with E-state index in [1.54, 1.807) is 12.1 Å². The molecule has 0 heterocycles. The van der Waals surface area contributed by atoms with Crippen LogP contribution in [0.3, 0.4) is 0 Å². The maximum absolute atomic E-state index is 14.1. The Balaban J connectivity index is 0.00000240. The Morgan fingerprint density at radius 1 is 0.621 bits per heavy atom. The molecule has 4 rings (SSSR count). The third-order valence-corrected chi connectivity index (χ3v) is 9.83. The van der Waals surface area contributed by atoms with Gasteiger partial charge in [-0.25, -0.2) is 4.39 Å². The van der Waals surface area contributed by atoms with Crippen LogP contribution in [0.4, 0.5) is 4.39 Å². The van der Waals surface area contributed by atoms with Gasteiger partial charge in [-0.05, 0) is 54.6 Å². The molecule has 0 nitrogen and oxygen atoms in total. The first-order chi connectivity index (χ1) is 13.7. The van der Waals surface area contributed by atoms with Gasteiger partial charge >= 0.3 is 0 Å². The number of thiol groups is 1. The van der Waals surface area contributed by atoms with Gasteiger partial charge in [-0.2, -0.15) is 0 Å². The largest absolute Gasteiger partial charge is 1.00 e. The summed E-state index contributed by atoms with van der Waals surface area (Å²) in [5, 5.41) is 3.85. The molecule has 29 heavy (non-hydrogen) atoms. The molecule has 4 aromatic rings. The third kappa shape index (κ3) is 4.48. The van der Waals surface area contributed by atoms with Crippen molar-refractivity contribution in [3.05, 3.63) is 121 Å². The lowest BCUT2D eigenvalue weighted by molar-refractivity contribution is -0.00000599. The molecule has 4 aromatic carbocycles. The number of benzene rings is 4. The summed E-state index contributed by atoms with van der Waals surface area (Å²) in [4.78, 5) is 0.827. The van der Waals surface area contributed by atoms with Gasteiger partial charge in [-0.1, -0.05) is 54.6 Å². The lowest BCUT2D eigenvalue weighted by Crippen LogP contribution is -3.00. The Hall–Kier alpha value is -1.93. The van der Waals surface area contributed by atoms with Gasteiger partial charge < -0.3 is 17.0 Å². The number of hydrogen-bond acceptors (Lipinski definition) is 1. The Bertz CT molecular complexity index is 959. The fraction of sp³-hybridized carbons (Fsp3) is 0.0400. The van der Waals surface area contributed by atoms with Crippen LogP contribution in [0.25, 0.3) is 0 Å². The van der Waals surface area contributed by atoms with Crippen molar-refractivity contribution in [2.45, 2.75) is 11.1 Å². The quantitative estimate of drug-likeness (QED) is 0.328. The SMILES string of the molecule is Fc1ccc(S)c(C[P+](c2ccccc2)(c2ccccc2)c2ccccc2)c1.[Br-]. The highest BCUT2D eigenvalue weighted by Gasteiger charge is 2.45. The predicted octanol–water partition coefficient (Wildman–Crippen LogP) is 2.61. The summed E-state index contributed by atoms with van der Waals surface area (Å²) in [5.74, 6) is -0.222. The second-order valence-corrected chi connectivity index (χ2v) is 10.7. The fourth-order valence-corrected chi connectivity index (χ4v) is 8.31. The smallest absolute Gasteiger partial charge is 0.123 e. The van der Waals surface area contributed by atoms with Crippen molar-refractivity contribution in [1.29, 1.82) is 0 Å². The van der Waals surface area contributed by atoms with E-state index in [1.165, 1.54) is 22.0 Å². The normalized spacial score (nSPS) is 11.0.